The van der Waals surface area contributed by atoms with Crippen LogP contribution in [0, 0.1) is 0 Å². The Labute approximate surface area is 218 Å². The number of anilines is 1. The Morgan fingerprint density at radius 2 is 1.74 bits per heavy atom. The predicted octanol–water partition coefficient (Wildman–Crippen LogP) is 2.68. The summed E-state index contributed by atoms with van der Waals surface area (Å²) in [5.74, 6) is 0.418. The van der Waals surface area contributed by atoms with Gasteiger partial charge in [-0.3, -0.25) is 9.59 Å². The van der Waals surface area contributed by atoms with Crippen molar-refractivity contribution in [3.05, 3.63) is 64.7 Å². The number of nitrogens with one attached hydrogen (secondary N) is 1. The molecule has 0 atom stereocenters. The molecule has 12 nitrogen and oxygen atoms in total. The van der Waals surface area contributed by atoms with Crippen molar-refractivity contribution in [2.45, 2.75) is 6.92 Å². The van der Waals surface area contributed by atoms with Crippen LogP contribution in [0.25, 0.3) is 22.7 Å². The quantitative estimate of drug-likeness (QED) is 0.245. The number of benzene rings is 1. The number of aryl methyl sites for hydroxylation is 1. The van der Waals surface area contributed by atoms with E-state index in [0.29, 0.717) is 74.5 Å². The van der Waals surface area contributed by atoms with Crippen molar-refractivity contribution < 1.29 is 28.2 Å². The molecule has 1 amide bonds. The lowest BCUT2D eigenvalue weighted by atomic mass is 10.2. The first-order valence-electron chi connectivity index (χ1n) is 12.1. The average Bonchev–Trinajstić information content (AvgIpc) is 3.35. The van der Waals surface area contributed by atoms with E-state index < -0.39 is 0 Å². The highest BCUT2D eigenvalue weighted by Crippen LogP contribution is 2.25. The first-order valence-corrected chi connectivity index (χ1v) is 12.1. The lowest BCUT2D eigenvalue weighted by Gasteiger charge is -2.08. The van der Waals surface area contributed by atoms with Crippen LogP contribution in [0.5, 0.6) is 5.75 Å². The number of nitrogens with zero attached hydrogens (tertiary/aromatic N) is 4. The van der Waals surface area contributed by atoms with E-state index in [-0.39, 0.29) is 23.1 Å². The number of rotatable bonds is 14. The summed E-state index contributed by atoms with van der Waals surface area (Å²) in [6, 6.07) is 11.3. The number of hydrogen-bond donors (Lipinski definition) is 1. The maximum atomic E-state index is 12.7. The summed E-state index contributed by atoms with van der Waals surface area (Å²) >= 11 is 0. The van der Waals surface area contributed by atoms with Gasteiger partial charge in [-0.15, -0.1) is 0 Å². The van der Waals surface area contributed by atoms with Gasteiger partial charge >= 0.3 is 0 Å². The molecular formula is C26H29N5O7. The lowest BCUT2D eigenvalue weighted by Crippen LogP contribution is -2.18. The molecule has 0 aliphatic carbocycles. The zero-order chi connectivity index (χ0) is 26.7. The summed E-state index contributed by atoms with van der Waals surface area (Å²) in [5, 5.41) is 6.94. The molecule has 3 heterocycles. The second kappa shape index (κ2) is 13.4. The third-order valence-electron chi connectivity index (χ3n) is 5.24. The molecule has 3 aromatic heterocycles. The van der Waals surface area contributed by atoms with E-state index in [1.165, 1.54) is 16.9 Å². The predicted molar refractivity (Wildman–Crippen MR) is 138 cm³/mol. The molecule has 12 heteroatoms. The van der Waals surface area contributed by atoms with Gasteiger partial charge in [0.15, 0.2) is 5.58 Å². The minimum atomic E-state index is -0.382. The van der Waals surface area contributed by atoms with Crippen molar-refractivity contribution >= 4 is 22.7 Å². The first-order chi connectivity index (χ1) is 18.5. The number of aromatic nitrogens is 4. The maximum Gasteiger partial charge on any atom is 0.274 e. The summed E-state index contributed by atoms with van der Waals surface area (Å²) in [4.78, 5) is 32.8. The van der Waals surface area contributed by atoms with E-state index in [1.54, 1.807) is 43.4 Å². The van der Waals surface area contributed by atoms with Crippen LogP contribution in [0.3, 0.4) is 0 Å². The van der Waals surface area contributed by atoms with E-state index >= 15 is 0 Å². The van der Waals surface area contributed by atoms with Gasteiger partial charge in [-0.25, -0.2) is 14.6 Å². The Kier molecular flexibility index (Phi) is 9.51. The highest BCUT2D eigenvalue weighted by Gasteiger charge is 2.13. The molecule has 0 aliphatic heterocycles. The summed E-state index contributed by atoms with van der Waals surface area (Å²) in [6.07, 6.45) is 1.49. The molecule has 4 rings (SSSR count). The number of fused-ring (bicyclic) bond motifs is 1. The fraction of sp³-hybridized carbons (Fsp3) is 0.346. The van der Waals surface area contributed by atoms with E-state index in [0.717, 1.165) is 0 Å². The van der Waals surface area contributed by atoms with Crippen LogP contribution in [0.2, 0.25) is 0 Å². The Hall–Kier alpha value is -4.13. The average molecular weight is 524 g/mol. The van der Waals surface area contributed by atoms with Gasteiger partial charge in [0.1, 0.15) is 29.3 Å². The van der Waals surface area contributed by atoms with E-state index in [4.69, 9.17) is 23.4 Å². The second-order valence-corrected chi connectivity index (χ2v) is 7.99. The Morgan fingerprint density at radius 1 is 0.974 bits per heavy atom. The second-order valence-electron chi connectivity index (χ2n) is 7.99. The Morgan fingerprint density at radius 3 is 2.45 bits per heavy atom. The van der Waals surface area contributed by atoms with Gasteiger partial charge in [-0.05, 0) is 43.3 Å². The van der Waals surface area contributed by atoms with Crippen LogP contribution in [0.4, 0.5) is 5.69 Å². The third-order valence-corrected chi connectivity index (χ3v) is 5.24. The monoisotopic (exact) mass is 523 g/mol. The number of ether oxygens (including phenoxy) is 4. The lowest BCUT2D eigenvalue weighted by molar-refractivity contribution is 0.0114. The van der Waals surface area contributed by atoms with Crippen molar-refractivity contribution in [2.24, 2.45) is 7.05 Å². The SMILES string of the molecule is CCOCCOCCOCCOc1ccc(C(=O)Nc2ccc3oc(-c4ccc(=O)n(C)n4)nc3c2)nc1. The first kappa shape index (κ1) is 26.9. The molecule has 0 unspecified atom stereocenters. The molecule has 0 fully saturated rings. The summed E-state index contributed by atoms with van der Waals surface area (Å²) in [7, 11) is 1.55. The van der Waals surface area contributed by atoms with Crippen LogP contribution in [0.15, 0.2) is 57.9 Å². The molecule has 1 aromatic carbocycles. The fourth-order valence-corrected chi connectivity index (χ4v) is 3.33. The Bertz CT molecular complexity index is 1400. The van der Waals surface area contributed by atoms with Crippen LogP contribution < -0.4 is 15.6 Å². The number of hydrogen-bond acceptors (Lipinski definition) is 10. The molecule has 0 radical (unpaired) electrons. The van der Waals surface area contributed by atoms with Crippen LogP contribution in [-0.4, -0.2) is 71.9 Å². The molecule has 0 saturated heterocycles. The molecule has 0 bridgehead atoms. The van der Waals surface area contributed by atoms with Crippen molar-refractivity contribution in [2.75, 3.05) is 51.6 Å². The smallest absolute Gasteiger partial charge is 0.274 e. The number of oxazole rings is 1. The van der Waals surface area contributed by atoms with Gasteiger partial charge in [-0.1, -0.05) is 0 Å². The zero-order valence-electron chi connectivity index (χ0n) is 21.2. The molecule has 38 heavy (non-hydrogen) atoms. The van der Waals surface area contributed by atoms with Crippen molar-refractivity contribution in [3.8, 4) is 17.3 Å². The molecule has 1 N–H and O–H groups in total. The molecule has 200 valence electrons. The summed E-state index contributed by atoms with van der Waals surface area (Å²) in [5.41, 5.74) is 2.00. The van der Waals surface area contributed by atoms with Gasteiger partial charge in [0.25, 0.3) is 11.5 Å². The van der Waals surface area contributed by atoms with Crippen molar-refractivity contribution in [3.63, 3.8) is 0 Å². The van der Waals surface area contributed by atoms with Crippen molar-refractivity contribution in [1.29, 1.82) is 0 Å². The third kappa shape index (κ3) is 7.44. The zero-order valence-corrected chi connectivity index (χ0v) is 21.2. The number of carbonyl (C=O) groups excluding carboxylic acids is 1. The van der Waals surface area contributed by atoms with Gasteiger partial charge in [-0.2, -0.15) is 5.10 Å². The molecule has 0 saturated carbocycles. The molecule has 0 aliphatic rings. The highest BCUT2D eigenvalue weighted by molar-refractivity contribution is 6.03. The van der Waals surface area contributed by atoms with E-state index in [9.17, 15) is 9.59 Å². The van der Waals surface area contributed by atoms with Gasteiger partial charge in [0.05, 0.1) is 39.2 Å². The highest BCUT2D eigenvalue weighted by atomic mass is 16.6. The number of carbonyl (C=O) groups is 1. The number of amides is 1. The van der Waals surface area contributed by atoms with Gasteiger partial charge < -0.3 is 28.7 Å². The summed E-state index contributed by atoms with van der Waals surface area (Å²) in [6.45, 7) is 5.46. The normalized spacial score (nSPS) is 11.1. The van der Waals surface area contributed by atoms with Crippen LogP contribution in [-0.2, 0) is 21.3 Å². The van der Waals surface area contributed by atoms with Gasteiger partial charge in [0, 0.05) is 25.4 Å². The Balaban J connectivity index is 1.24. The summed E-state index contributed by atoms with van der Waals surface area (Å²) < 4.78 is 28.5. The topological polar surface area (TPSA) is 140 Å². The molecule has 0 spiro atoms. The number of pyridine rings is 1. The maximum absolute atomic E-state index is 12.7. The van der Waals surface area contributed by atoms with E-state index in [1.807, 2.05) is 6.92 Å². The van der Waals surface area contributed by atoms with Crippen LogP contribution >= 0.6 is 0 Å². The minimum Gasteiger partial charge on any atom is -0.490 e. The van der Waals surface area contributed by atoms with Gasteiger partial charge in [0.2, 0.25) is 5.89 Å². The van der Waals surface area contributed by atoms with E-state index in [2.05, 4.69) is 20.4 Å². The van der Waals surface area contributed by atoms with Crippen LogP contribution in [0.1, 0.15) is 17.4 Å². The largest absolute Gasteiger partial charge is 0.490 e. The minimum absolute atomic E-state index is 0.230. The fourth-order valence-electron chi connectivity index (χ4n) is 3.33. The molecule has 4 aromatic rings. The molecular weight excluding hydrogens is 494 g/mol. The van der Waals surface area contributed by atoms with Crippen molar-refractivity contribution in [1.82, 2.24) is 19.7 Å². The standard InChI is InChI=1S/C26H29N5O7/c1-3-34-10-11-35-12-13-36-14-15-37-19-5-6-20(27-17-19)25(33)28-18-4-8-23-22(16-18)29-26(38-23)21-7-9-24(32)31(2)30-21/h4-9,16-17H,3,10-15H2,1-2H3,(H,28,33).